The van der Waals surface area contributed by atoms with Gasteiger partial charge >= 0.3 is 0 Å². The predicted molar refractivity (Wildman–Crippen MR) is 82.2 cm³/mol. The maximum Gasteiger partial charge on any atom is 0.253 e. The molecule has 0 saturated carbocycles. The van der Waals surface area contributed by atoms with Crippen LogP contribution in [0.15, 0.2) is 43.0 Å². The summed E-state index contributed by atoms with van der Waals surface area (Å²) >= 11 is 0. The van der Waals surface area contributed by atoms with Crippen LogP contribution in [-0.2, 0) is 6.54 Å². The summed E-state index contributed by atoms with van der Waals surface area (Å²) in [7, 11) is 0. The predicted octanol–water partition coefficient (Wildman–Crippen LogP) is 1.54. The van der Waals surface area contributed by atoms with Gasteiger partial charge in [0.05, 0.1) is 11.1 Å². The average Bonchev–Trinajstić information content (AvgIpc) is 2.53. The highest BCUT2D eigenvalue weighted by Gasteiger charge is 2.11. The van der Waals surface area contributed by atoms with E-state index in [1.54, 1.807) is 18.5 Å². The van der Waals surface area contributed by atoms with Gasteiger partial charge in [0.15, 0.2) is 0 Å². The van der Waals surface area contributed by atoms with Crippen molar-refractivity contribution in [2.24, 2.45) is 0 Å². The van der Waals surface area contributed by atoms with Gasteiger partial charge in [0.1, 0.15) is 0 Å². The molecule has 0 radical (unpaired) electrons. The van der Waals surface area contributed by atoms with Crippen LogP contribution in [0.1, 0.15) is 40.1 Å². The lowest BCUT2D eigenvalue weighted by Gasteiger charge is -2.09. The van der Waals surface area contributed by atoms with Crippen LogP contribution >= 0.6 is 0 Å². The zero-order chi connectivity index (χ0) is 15.9. The van der Waals surface area contributed by atoms with Crippen LogP contribution in [0.2, 0.25) is 0 Å². The number of pyridine rings is 2. The number of nitrogens with one attached hydrogen (secondary N) is 2. The molecule has 0 spiro atoms. The second-order valence-electron chi connectivity index (χ2n) is 5.13. The van der Waals surface area contributed by atoms with Crippen LogP contribution in [-0.4, -0.2) is 27.8 Å². The Bertz CT molecular complexity index is 656. The minimum Gasteiger partial charge on any atom is -0.350 e. The first-order valence-electron chi connectivity index (χ1n) is 6.99. The molecule has 0 saturated heterocycles. The third-order valence-electron chi connectivity index (χ3n) is 2.86. The Morgan fingerprint density at radius 1 is 1.09 bits per heavy atom. The normalized spacial score (nSPS) is 10.3. The molecule has 0 fully saturated rings. The van der Waals surface area contributed by atoms with Gasteiger partial charge in [0.2, 0.25) is 0 Å². The minimum atomic E-state index is -0.282. The van der Waals surface area contributed by atoms with Gasteiger partial charge in [-0.15, -0.1) is 0 Å². The maximum atomic E-state index is 12.1. The van der Waals surface area contributed by atoms with Crippen LogP contribution in [0.25, 0.3) is 0 Å². The first-order chi connectivity index (χ1) is 10.6. The third-order valence-corrected chi connectivity index (χ3v) is 2.86. The highest BCUT2D eigenvalue weighted by atomic mass is 16.2. The molecule has 2 heterocycles. The fourth-order valence-corrected chi connectivity index (χ4v) is 1.82. The van der Waals surface area contributed by atoms with Gasteiger partial charge in [-0.25, -0.2) is 0 Å². The number of aromatic nitrogens is 2. The average molecular weight is 298 g/mol. The molecule has 2 aromatic heterocycles. The van der Waals surface area contributed by atoms with Crippen molar-refractivity contribution in [3.63, 3.8) is 0 Å². The summed E-state index contributed by atoms with van der Waals surface area (Å²) in [5.41, 5.74) is 1.61. The highest BCUT2D eigenvalue weighted by molar-refractivity contribution is 5.99. The van der Waals surface area contributed by atoms with E-state index < -0.39 is 0 Å². The molecular formula is C16H18N4O2. The molecule has 6 heteroatoms. The van der Waals surface area contributed by atoms with E-state index >= 15 is 0 Å². The maximum absolute atomic E-state index is 12.1. The van der Waals surface area contributed by atoms with E-state index in [-0.39, 0.29) is 17.9 Å². The first kappa shape index (κ1) is 15.6. The lowest BCUT2D eigenvalue weighted by atomic mass is 10.1. The molecule has 2 aromatic rings. The number of hydrogen-bond acceptors (Lipinski definition) is 4. The van der Waals surface area contributed by atoms with E-state index in [1.165, 1.54) is 18.5 Å². The SMILES string of the molecule is CC(C)NC(=O)c1cncc(C(=O)NCc2cccnc2)c1. The standard InChI is InChI=1S/C16H18N4O2/c1-11(2)20-16(22)14-6-13(9-18-10-14)15(21)19-8-12-4-3-5-17-7-12/h3-7,9-11H,8H2,1-2H3,(H,19,21)(H,20,22). The van der Waals surface area contributed by atoms with Gasteiger partial charge in [-0.05, 0) is 31.5 Å². The molecule has 0 aliphatic rings. The molecule has 114 valence electrons. The van der Waals surface area contributed by atoms with Crippen LogP contribution in [0, 0.1) is 0 Å². The van der Waals surface area contributed by atoms with E-state index in [4.69, 9.17) is 0 Å². The van der Waals surface area contributed by atoms with Gasteiger partial charge < -0.3 is 10.6 Å². The van der Waals surface area contributed by atoms with E-state index in [0.717, 1.165) is 5.56 Å². The lowest BCUT2D eigenvalue weighted by molar-refractivity contribution is 0.0942. The number of rotatable bonds is 5. The van der Waals surface area contributed by atoms with Crippen molar-refractivity contribution in [3.05, 3.63) is 59.7 Å². The van der Waals surface area contributed by atoms with Crippen LogP contribution in [0.5, 0.6) is 0 Å². The quantitative estimate of drug-likeness (QED) is 0.877. The molecule has 2 rings (SSSR count). The molecule has 6 nitrogen and oxygen atoms in total. The second kappa shape index (κ2) is 7.31. The van der Waals surface area contributed by atoms with Gasteiger partial charge in [0.25, 0.3) is 11.8 Å². The summed E-state index contributed by atoms with van der Waals surface area (Å²) in [6.07, 6.45) is 6.23. The Balaban J connectivity index is 2.02. The number of hydrogen-bond donors (Lipinski definition) is 2. The van der Waals surface area contributed by atoms with Crippen molar-refractivity contribution in [1.29, 1.82) is 0 Å². The molecular weight excluding hydrogens is 280 g/mol. The fraction of sp³-hybridized carbons (Fsp3) is 0.250. The summed E-state index contributed by atoms with van der Waals surface area (Å²) in [6, 6.07) is 5.23. The smallest absolute Gasteiger partial charge is 0.253 e. The molecule has 22 heavy (non-hydrogen) atoms. The monoisotopic (exact) mass is 298 g/mol. The Morgan fingerprint density at radius 3 is 2.45 bits per heavy atom. The van der Waals surface area contributed by atoms with Gasteiger partial charge in [0, 0.05) is 37.4 Å². The summed E-state index contributed by atoms with van der Waals surface area (Å²) in [5.74, 6) is -0.528. The largest absolute Gasteiger partial charge is 0.350 e. The molecule has 0 atom stereocenters. The Labute approximate surface area is 129 Å². The number of carbonyl (C=O) groups excluding carboxylic acids is 2. The molecule has 2 amide bonds. The van der Waals surface area contributed by atoms with Crippen LogP contribution in [0.4, 0.5) is 0 Å². The topological polar surface area (TPSA) is 84.0 Å². The Hall–Kier alpha value is -2.76. The highest BCUT2D eigenvalue weighted by Crippen LogP contribution is 2.04. The summed E-state index contributed by atoms with van der Waals surface area (Å²) in [6.45, 7) is 4.11. The van der Waals surface area contributed by atoms with Crippen molar-refractivity contribution in [1.82, 2.24) is 20.6 Å². The van der Waals surface area contributed by atoms with E-state index in [0.29, 0.717) is 17.7 Å². The van der Waals surface area contributed by atoms with Crippen molar-refractivity contribution in [2.45, 2.75) is 26.4 Å². The van der Waals surface area contributed by atoms with Crippen molar-refractivity contribution in [2.75, 3.05) is 0 Å². The second-order valence-corrected chi connectivity index (χ2v) is 5.13. The molecule has 2 N–H and O–H groups in total. The van der Waals surface area contributed by atoms with Crippen molar-refractivity contribution < 1.29 is 9.59 Å². The zero-order valence-corrected chi connectivity index (χ0v) is 12.5. The van der Waals surface area contributed by atoms with Crippen LogP contribution in [0.3, 0.4) is 0 Å². The third kappa shape index (κ3) is 4.37. The number of carbonyl (C=O) groups is 2. The first-order valence-corrected chi connectivity index (χ1v) is 6.99. The summed E-state index contributed by atoms with van der Waals surface area (Å²) in [4.78, 5) is 32.0. The Morgan fingerprint density at radius 2 is 1.82 bits per heavy atom. The molecule has 0 aromatic carbocycles. The van der Waals surface area contributed by atoms with E-state index in [1.807, 2.05) is 19.9 Å². The van der Waals surface area contributed by atoms with Gasteiger partial charge in [-0.3, -0.25) is 19.6 Å². The molecule has 0 aliphatic carbocycles. The molecule has 0 aliphatic heterocycles. The van der Waals surface area contributed by atoms with Crippen LogP contribution < -0.4 is 10.6 Å². The zero-order valence-electron chi connectivity index (χ0n) is 12.5. The minimum absolute atomic E-state index is 0.0237. The number of amides is 2. The van der Waals surface area contributed by atoms with Crippen molar-refractivity contribution in [3.8, 4) is 0 Å². The van der Waals surface area contributed by atoms with Gasteiger partial charge in [-0.2, -0.15) is 0 Å². The Kier molecular flexibility index (Phi) is 5.19. The number of nitrogens with zero attached hydrogens (tertiary/aromatic N) is 2. The summed E-state index contributed by atoms with van der Waals surface area (Å²) < 4.78 is 0. The fourth-order valence-electron chi connectivity index (χ4n) is 1.82. The summed E-state index contributed by atoms with van der Waals surface area (Å²) in [5, 5.41) is 5.54. The van der Waals surface area contributed by atoms with Gasteiger partial charge in [-0.1, -0.05) is 6.07 Å². The van der Waals surface area contributed by atoms with Crippen molar-refractivity contribution >= 4 is 11.8 Å². The molecule has 0 bridgehead atoms. The van der Waals surface area contributed by atoms with E-state index in [2.05, 4.69) is 20.6 Å². The lowest BCUT2D eigenvalue weighted by Crippen LogP contribution is -2.30. The molecule has 0 unspecified atom stereocenters. The van der Waals surface area contributed by atoms with E-state index in [9.17, 15) is 9.59 Å².